The number of rotatable bonds is 7. The molecule has 0 aromatic heterocycles. The van der Waals surface area contributed by atoms with Gasteiger partial charge in [-0.25, -0.2) is 9.38 Å². The predicted octanol–water partition coefficient (Wildman–Crippen LogP) is 6.94. The minimum Gasteiger partial charge on any atom is -0.496 e. The van der Waals surface area contributed by atoms with Crippen LogP contribution in [0, 0.1) is 17.9 Å². The van der Waals surface area contributed by atoms with Crippen LogP contribution in [0.1, 0.15) is 0 Å². The summed E-state index contributed by atoms with van der Waals surface area (Å²) in [7, 11) is 4.53. The van der Waals surface area contributed by atoms with Crippen molar-refractivity contribution >= 4 is 51.3 Å². The molecule has 4 aromatic carbocycles. The van der Waals surface area contributed by atoms with Crippen LogP contribution in [-0.2, 0) is 4.79 Å². The highest BCUT2D eigenvalue weighted by molar-refractivity contribution is 6.41. The highest BCUT2D eigenvalue weighted by atomic mass is 35.5. The zero-order valence-electron chi connectivity index (χ0n) is 20.6. The fraction of sp³-hybridized carbons (Fsp3) is 0.103. The number of fused-ring (bicyclic) bond motifs is 1. The first kappa shape index (κ1) is 26.8. The molecule has 0 spiro atoms. The summed E-state index contributed by atoms with van der Waals surface area (Å²) in [5, 5.41) is 4.71. The third-order valence-corrected chi connectivity index (χ3v) is 6.37. The number of methoxy groups -OCH3 is 3. The standard InChI is InChI=1S/C29H21Cl2FN2O4/c1-5-25(35)34-21-8-6-7-20(32)29(21)33-18-10-9-16-13-17(14-22(36-2)19(16)12-11-18)26-27(30)23(37-3)15-24(38-4)28(26)31/h5-8,11-15H,1H2,2-4H3,(H,34,35). The third-order valence-electron chi connectivity index (χ3n) is 5.62. The number of halogens is 3. The van der Waals surface area contributed by atoms with Gasteiger partial charge in [0.1, 0.15) is 28.3 Å². The van der Waals surface area contributed by atoms with Crippen LogP contribution in [0.5, 0.6) is 17.2 Å². The van der Waals surface area contributed by atoms with E-state index in [0.29, 0.717) is 49.2 Å². The van der Waals surface area contributed by atoms with Gasteiger partial charge in [0.15, 0.2) is 5.82 Å². The van der Waals surface area contributed by atoms with E-state index in [0.717, 1.165) is 6.08 Å². The zero-order valence-corrected chi connectivity index (χ0v) is 22.1. The fourth-order valence-corrected chi connectivity index (χ4v) is 4.51. The number of carbonyl (C=O) groups excluding carboxylic acids is 1. The van der Waals surface area contributed by atoms with Crippen LogP contribution < -0.4 is 24.9 Å². The summed E-state index contributed by atoms with van der Waals surface area (Å²) in [6.45, 7) is 3.42. The van der Waals surface area contributed by atoms with Crippen molar-refractivity contribution in [2.24, 2.45) is 4.99 Å². The van der Waals surface area contributed by atoms with Gasteiger partial charge in [0.25, 0.3) is 0 Å². The maximum Gasteiger partial charge on any atom is 0.247 e. The molecule has 1 amide bonds. The van der Waals surface area contributed by atoms with Crippen LogP contribution in [-0.4, -0.2) is 27.2 Å². The van der Waals surface area contributed by atoms with Gasteiger partial charge in [0.2, 0.25) is 5.91 Å². The van der Waals surface area contributed by atoms with Crippen LogP contribution in [0.15, 0.2) is 66.2 Å². The van der Waals surface area contributed by atoms with Crippen molar-refractivity contribution in [2.45, 2.75) is 0 Å². The average molecular weight is 551 g/mol. The van der Waals surface area contributed by atoms with Crippen LogP contribution in [0.3, 0.4) is 0 Å². The van der Waals surface area contributed by atoms with Gasteiger partial charge in [-0.1, -0.05) is 41.9 Å². The highest BCUT2D eigenvalue weighted by Crippen LogP contribution is 2.47. The second kappa shape index (κ2) is 11.4. The first-order chi connectivity index (χ1) is 18.3. The maximum atomic E-state index is 14.7. The molecule has 4 aromatic rings. The molecule has 192 valence electrons. The number of hydrogen-bond donors (Lipinski definition) is 1. The Balaban J connectivity index is 1.93. The SMILES string of the molecule is C=CC(=O)Nc1cccc(F)c1N=c1c#cc2cc(-c3c(Cl)c(OC)cc(OC)c3Cl)cc(OC)c2cc1. The van der Waals surface area contributed by atoms with Gasteiger partial charge < -0.3 is 19.5 Å². The van der Waals surface area contributed by atoms with E-state index in [1.54, 1.807) is 24.3 Å². The minimum absolute atomic E-state index is 0.0581. The summed E-state index contributed by atoms with van der Waals surface area (Å²) >= 11 is 13.3. The Morgan fingerprint density at radius 3 is 2.29 bits per heavy atom. The second-order valence-electron chi connectivity index (χ2n) is 7.83. The zero-order chi connectivity index (χ0) is 27.4. The molecule has 0 heterocycles. The molecule has 0 radical (unpaired) electrons. The van der Waals surface area contributed by atoms with Crippen LogP contribution in [0.4, 0.5) is 15.8 Å². The van der Waals surface area contributed by atoms with Gasteiger partial charge in [-0.05, 0) is 54.1 Å². The lowest BCUT2D eigenvalue weighted by Gasteiger charge is -2.16. The molecule has 0 fully saturated rings. The first-order valence-electron chi connectivity index (χ1n) is 11.1. The molecule has 0 aliphatic heterocycles. The Morgan fingerprint density at radius 1 is 0.974 bits per heavy atom. The summed E-state index contributed by atoms with van der Waals surface area (Å²) in [5.74, 6) is 0.175. The van der Waals surface area contributed by atoms with Crippen molar-refractivity contribution in [1.29, 1.82) is 0 Å². The Hall–Kier alpha value is -4.25. The number of nitrogens with zero attached hydrogens (tertiary/aromatic N) is 1. The largest absolute Gasteiger partial charge is 0.496 e. The molecular weight excluding hydrogens is 530 g/mol. The Labute approximate surface area is 228 Å². The van der Waals surface area contributed by atoms with E-state index in [1.165, 1.54) is 39.5 Å². The van der Waals surface area contributed by atoms with Crippen molar-refractivity contribution in [1.82, 2.24) is 0 Å². The molecule has 6 nitrogen and oxygen atoms in total. The van der Waals surface area contributed by atoms with E-state index < -0.39 is 11.7 Å². The number of benzene rings is 3. The molecular formula is C29H21Cl2FN2O4. The summed E-state index contributed by atoms with van der Waals surface area (Å²) in [5.41, 5.74) is 1.25. The molecule has 0 saturated carbocycles. The van der Waals surface area contributed by atoms with E-state index in [2.05, 4.69) is 29.0 Å². The molecule has 4 rings (SSSR count). The summed E-state index contributed by atoms with van der Waals surface area (Å²) in [6.07, 6.45) is 1.09. The number of carbonyl (C=O) groups is 1. The number of hydrogen-bond acceptors (Lipinski definition) is 5. The Bertz CT molecular complexity index is 1610. The van der Waals surface area contributed by atoms with Gasteiger partial charge in [0.05, 0.1) is 37.1 Å². The molecule has 0 aliphatic rings. The van der Waals surface area contributed by atoms with Crippen molar-refractivity contribution < 1.29 is 23.4 Å². The topological polar surface area (TPSA) is 69.2 Å². The van der Waals surface area contributed by atoms with Crippen LogP contribution >= 0.6 is 23.2 Å². The number of para-hydroxylation sites is 1. The summed E-state index contributed by atoms with van der Waals surface area (Å²) < 4.78 is 31.1. The van der Waals surface area contributed by atoms with E-state index in [-0.39, 0.29) is 16.7 Å². The van der Waals surface area contributed by atoms with Gasteiger partial charge in [-0.15, -0.1) is 0 Å². The number of amides is 1. The van der Waals surface area contributed by atoms with Crippen molar-refractivity contribution in [3.63, 3.8) is 0 Å². The van der Waals surface area contributed by atoms with E-state index in [1.807, 2.05) is 6.07 Å². The van der Waals surface area contributed by atoms with Gasteiger partial charge in [-0.3, -0.25) is 4.79 Å². The second-order valence-corrected chi connectivity index (χ2v) is 8.59. The normalized spacial score (nSPS) is 11.1. The Morgan fingerprint density at radius 2 is 1.66 bits per heavy atom. The summed E-state index contributed by atoms with van der Waals surface area (Å²) in [6, 6.07) is 18.9. The molecule has 9 heteroatoms. The van der Waals surface area contributed by atoms with Crippen molar-refractivity contribution in [3.8, 4) is 28.4 Å². The third kappa shape index (κ3) is 5.23. The van der Waals surface area contributed by atoms with Crippen molar-refractivity contribution in [2.75, 3.05) is 26.6 Å². The van der Waals surface area contributed by atoms with Crippen molar-refractivity contribution in [3.05, 3.63) is 94.5 Å². The number of nitrogens with one attached hydrogen (secondary N) is 1. The molecule has 0 atom stereocenters. The quantitative estimate of drug-likeness (QED) is 0.253. The molecule has 0 saturated heterocycles. The van der Waals surface area contributed by atoms with E-state index in [9.17, 15) is 9.18 Å². The minimum atomic E-state index is -0.618. The highest BCUT2D eigenvalue weighted by Gasteiger charge is 2.20. The molecule has 0 aliphatic carbocycles. The van der Waals surface area contributed by atoms with E-state index in [4.69, 9.17) is 37.4 Å². The molecule has 0 bridgehead atoms. The van der Waals surface area contributed by atoms with Crippen LogP contribution in [0.2, 0.25) is 10.0 Å². The smallest absolute Gasteiger partial charge is 0.247 e. The fourth-order valence-electron chi connectivity index (χ4n) is 3.79. The Kier molecular flexibility index (Phi) is 8.06. The lowest BCUT2D eigenvalue weighted by Crippen LogP contribution is -2.08. The lowest BCUT2D eigenvalue weighted by atomic mass is 10.0. The van der Waals surface area contributed by atoms with Gasteiger partial charge >= 0.3 is 0 Å². The van der Waals surface area contributed by atoms with Gasteiger partial charge in [0, 0.05) is 22.4 Å². The first-order valence-corrected chi connectivity index (χ1v) is 11.9. The predicted molar refractivity (Wildman–Crippen MR) is 147 cm³/mol. The summed E-state index contributed by atoms with van der Waals surface area (Å²) in [4.78, 5) is 16.2. The lowest BCUT2D eigenvalue weighted by molar-refractivity contribution is -0.111. The van der Waals surface area contributed by atoms with Crippen LogP contribution in [0.25, 0.3) is 21.9 Å². The molecule has 1 N–H and O–H groups in total. The monoisotopic (exact) mass is 550 g/mol. The number of ether oxygens (including phenoxy) is 3. The number of anilines is 1. The van der Waals surface area contributed by atoms with E-state index >= 15 is 0 Å². The molecule has 38 heavy (non-hydrogen) atoms. The maximum absolute atomic E-state index is 14.7. The molecule has 0 unspecified atom stereocenters. The van der Waals surface area contributed by atoms with Gasteiger partial charge in [-0.2, -0.15) is 0 Å². The average Bonchev–Trinajstić information content (AvgIpc) is 3.12.